The highest BCUT2D eigenvalue weighted by molar-refractivity contribution is 8.54. The summed E-state index contributed by atoms with van der Waals surface area (Å²) in [6.07, 6.45) is -6.01. The highest BCUT2D eigenvalue weighted by atomic mass is 32.7. The topological polar surface area (TPSA) is 338 Å². The molecule has 0 spiro atoms. The number of alkyl halides is 2. The molecule has 0 bridgehead atoms. The van der Waals surface area contributed by atoms with Crippen molar-refractivity contribution in [2.75, 3.05) is 41.4 Å². The first-order valence-electron chi connectivity index (χ1n) is 27.1. The van der Waals surface area contributed by atoms with Crippen LogP contribution >= 0.6 is 26.4 Å². The van der Waals surface area contributed by atoms with Gasteiger partial charge in [-0.15, -0.1) is 14.1 Å². The van der Waals surface area contributed by atoms with Gasteiger partial charge in [0, 0.05) is 46.5 Å². The van der Waals surface area contributed by atoms with Crippen LogP contribution in [0.1, 0.15) is 62.6 Å². The normalized spacial score (nSPS) is 24.5. The van der Waals surface area contributed by atoms with E-state index in [9.17, 15) is 18.9 Å². The van der Waals surface area contributed by atoms with Crippen molar-refractivity contribution in [2.45, 2.75) is 107 Å². The number of halogens is 2. The summed E-state index contributed by atoms with van der Waals surface area (Å²) in [5.41, 5.74) is 18.6. The van der Waals surface area contributed by atoms with Gasteiger partial charge in [0.05, 0.1) is 43.7 Å². The Balaban J connectivity index is 0.669. The number of unbranched alkanes of at least 4 members (excludes halogenated alkanes) is 2. The van der Waals surface area contributed by atoms with Crippen molar-refractivity contribution in [1.29, 1.82) is 0 Å². The van der Waals surface area contributed by atoms with Crippen LogP contribution in [0.15, 0.2) is 98.1 Å². The molecule has 4 aliphatic rings. The number of rotatable bonds is 15. The van der Waals surface area contributed by atoms with Gasteiger partial charge in [0.1, 0.15) is 54.3 Å². The number of carbonyl (C=O) groups is 3. The maximum Gasteiger partial charge on any atom is 0.697 e. The second-order valence-corrected chi connectivity index (χ2v) is 25.2. The number of ether oxygens (including phenoxy) is 2. The first kappa shape index (κ1) is 57.6. The molecule has 442 valence electrons. The summed E-state index contributed by atoms with van der Waals surface area (Å²) in [6, 6.07) is 22.2. The second kappa shape index (κ2) is 24.7. The van der Waals surface area contributed by atoms with Crippen LogP contribution in [0.4, 0.5) is 31.8 Å². The van der Waals surface area contributed by atoms with Gasteiger partial charge in [0.2, 0.25) is 17.7 Å². The molecule has 4 aliphatic heterocycles. The van der Waals surface area contributed by atoms with Gasteiger partial charge < -0.3 is 36.5 Å². The number of benzene rings is 3. The first-order valence-corrected chi connectivity index (χ1v) is 31.3. The number of carbonyl (C=O) groups excluding carboxylic acids is 3. The Morgan fingerprint density at radius 2 is 1.45 bits per heavy atom. The Hall–Kier alpha value is -7.79. The molecule has 5 aromatic heterocycles. The van der Waals surface area contributed by atoms with Gasteiger partial charge in [0.15, 0.2) is 53.8 Å². The lowest BCUT2D eigenvalue weighted by atomic mass is 9.95. The average molecular weight is 1220 g/mol. The molecule has 0 saturated carbocycles. The molecule has 27 nitrogen and oxygen atoms in total. The van der Waals surface area contributed by atoms with Gasteiger partial charge in [-0.1, -0.05) is 73.2 Å². The Labute approximate surface area is 487 Å². The summed E-state index contributed by atoms with van der Waals surface area (Å²) < 4.78 is 102. The van der Waals surface area contributed by atoms with E-state index in [1.807, 2.05) is 65.0 Å². The molecular weight excluding hydrogens is 1170 g/mol. The van der Waals surface area contributed by atoms with Crippen molar-refractivity contribution in [3.8, 4) is 22.5 Å². The number of aromatic nitrogens is 11. The summed E-state index contributed by atoms with van der Waals surface area (Å²) in [5.74, 6) is -0.779. The number of amides is 3. The summed E-state index contributed by atoms with van der Waals surface area (Å²) in [6.45, 7) is -3.39. The molecule has 12 rings (SSSR count). The van der Waals surface area contributed by atoms with E-state index < -0.39 is 83.4 Å². The molecule has 9 heterocycles. The fourth-order valence-electron chi connectivity index (χ4n) is 10.6. The summed E-state index contributed by atoms with van der Waals surface area (Å²) in [5, 5.41) is 14.6. The number of para-hydroxylation sites is 1. The zero-order valence-electron chi connectivity index (χ0n) is 45.2. The van der Waals surface area contributed by atoms with Crippen molar-refractivity contribution >= 4 is 89.5 Å². The molecule has 32 heteroatoms. The van der Waals surface area contributed by atoms with E-state index in [1.165, 1.54) is 21.8 Å². The first-order chi connectivity index (χ1) is 41.2. The maximum atomic E-state index is 16.9. The zero-order valence-corrected chi connectivity index (χ0v) is 47.8. The zero-order chi connectivity index (χ0) is 58.9. The molecule has 0 aliphatic carbocycles. The van der Waals surface area contributed by atoms with Crippen molar-refractivity contribution in [3.63, 3.8) is 0 Å². The highest BCUT2D eigenvalue weighted by Crippen LogP contribution is 2.64. The third-order valence-electron chi connectivity index (χ3n) is 14.8. The average Bonchev–Trinajstić information content (AvgIpc) is 3.97. The molecule has 10 atom stereocenters. The van der Waals surface area contributed by atoms with Crippen LogP contribution in [0.3, 0.4) is 0 Å². The van der Waals surface area contributed by atoms with E-state index in [4.69, 9.17) is 39.0 Å². The number of imidazole rings is 2. The Bertz CT molecular complexity index is 3880. The predicted octanol–water partition coefficient (Wildman–Crippen LogP) is 7.32. The maximum absolute atomic E-state index is 16.9. The smallest absolute Gasteiger partial charge is 0.382 e. The van der Waals surface area contributed by atoms with Gasteiger partial charge in [-0.2, -0.15) is 0 Å². The quantitative estimate of drug-likeness (QED) is 0.0577. The number of hydrogen-bond donors (Lipinski definition) is 4. The van der Waals surface area contributed by atoms with Crippen LogP contribution in [0.5, 0.6) is 0 Å². The lowest BCUT2D eigenvalue weighted by Gasteiger charge is -2.28. The van der Waals surface area contributed by atoms with E-state index in [-0.39, 0.29) is 64.5 Å². The van der Waals surface area contributed by atoms with Crippen LogP contribution in [0.25, 0.3) is 44.8 Å². The molecule has 3 fully saturated rings. The van der Waals surface area contributed by atoms with Crippen LogP contribution in [0, 0.1) is 0 Å². The minimum absolute atomic E-state index is 0.00575. The van der Waals surface area contributed by atoms with Gasteiger partial charge in [-0.25, -0.2) is 47.9 Å². The third kappa shape index (κ3) is 11.8. The number of anilines is 4. The fraction of sp³-hybridized carbons (Fsp3) is 0.377. The van der Waals surface area contributed by atoms with Crippen molar-refractivity contribution < 1.29 is 59.9 Å². The van der Waals surface area contributed by atoms with Crippen LogP contribution in [-0.4, -0.2) is 128 Å². The number of nitrogen functional groups attached to an aromatic ring is 2. The Morgan fingerprint density at radius 1 is 0.788 bits per heavy atom. The molecule has 0 radical (unpaired) electrons. The number of nitrogens with one attached hydrogen (secondary N) is 2. The Kier molecular flexibility index (Phi) is 16.7. The van der Waals surface area contributed by atoms with Crippen LogP contribution < -0.4 is 27.0 Å². The number of nitrogens with two attached hydrogens (primary N) is 2. The minimum Gasteiger partial charge on any atom is -0.382 e. The summed E-state index contributed by atoms with van der Waals surface area (Å²) in [7, 11) is -3.13. The summed E-state index contributed by atoms with van der Waals surface area (Å²) in [4.78, 5) is 65.6. The number of hydrogen-bond acceptors (Lipinski definition) is 22. The number of aryl methyl sites for hydroxylation is 1. The van der Waals surface area contributed by atoms with E-state index >= 15 is 13.3 Å². The van der Waals surface area contributed by atoms with Crippen LogP contribution in [0.2, 0.25) is 0 Å². The van der Waals surface area contributed by atoms with Crippen molar-refractivity contribution in [1.82, 2.24) is 59.3 Å². The van der Waals surface area contributed by atoms with E-state index in [0.717, 1.165) is 46.4 Å². The molecular formula is C53H55F2N16O11P2S+. The largest absolute Gasteiger partial charge is 0.697 e. The molecule has 85 heavy (non-hydrogen) atoms. The number of nitrogens with zero attached hydrogens (tertiary/aromatic N) is 12. The number of fused-ring (bicyclic) bond motifs is 9. The van der Waals surface area contributed by atoms with Gasteiger partial charge in [-0.3, -0.25) is 32.6 Å². The molecule has 8 aromatic rings. The lowest BCUT2D eigenvalue weighted by Crippen LogP contribution is -2.36. The predicted molar refractivity (Wildman–Crippen MR) is 304 cm³/mol. The molecule has 1 unspecified atom stereocenters. The van der Waals surface area contributed by atoms with Crippen LogP contribution in [-0.2, 0) is 69.9 Å². The SMILES string of the molecule is CCC(=O)N1Cc2ccccc2-c2nnn(CCCCCC(=O)NCC(=O)Nc3ccc(CS[P@@]4(=O)OC[C@H]5O[C@@H](n6cnc7c(N)ncnc76)[C@H](F)[C@@H]5O[P+](=O)OC[C@H]5O[C@@H](n6cnc7c(N)ncnc76)[C@H](F)[C@@H]5O4)cc3)c2-c2ccccc21. The second-order valence-electron chi connectivity index (χ2n) is 20.2. The third-order valence-corrected chi connectivity index (χ3v) is 19.2. The van der Waals surface area contributed by atoms with E-state index in [1.54, 1.807) is 24.3 Å². The molecule has 3 amide bonds. The van der Waals surface area contributed by atoms with E-state index in [0.29, 0.717) is 61.4 Å². The Morgan fingerprint density at radius 3 is 2.15 bits per heavy atom. The lowest BCUT2D eigenvalue weighted by molar-refractivity contribution is -0.124. The highest BCUT2D eigenvalue weighted by Gasteiger charge is 2.56. The van der Waals surface area contributed by atoms with E-state index in [2.05, 4.69) is 50.8 Å². The molecule has 3 aromatic carbocycles. The van der Waals surface area contributed by atoms with Gasteiger partial charge >= 0.3 is 15.1 Å². The molecule has 6 N–H and O–H groups in total. The van der Waals surface area contributed by atoms with Crippen molar-refractivity contribution in [3.05, 3.63) is 109 Å². The van der Waals surface area contributed by atoms with Gasteiger partial charge in [-0.05, 0) is 53.5 Å². The van der Waals surface area contributed by atoms with Crippen molar-refractivity contribution in [2.24, 2.45) is 0 Å². The minimum atomic E-state index is -4.56. The fourth-order valence-corrected chi connectivity index (χ4v) is 14.7. The summed E-state index contributed by atoms with van der Waals surface area (Å²) >= 11 is 0.683. The monoisotopic (exact) mass is 1220 g/mol. The molecule has 3 saturated heterocycles. The standard InChI is InChI=1S/C53H54F2N16O11P2S/c1-2-39(74)68-21-30-10-5-6-11-32(30)42-45(33-12-7-8-13-34(33)68)71(67-66-42)19-9-3-4-14-37(72)58-20-38(73)65-31-17-15-29(16-18-31)24-85-84(76)78-23-36-46(40(54)52(80-36)69-27-63-43-48(56)59-25-61-50(43)69)81-83(75)77-22-35-47(82-84)41(55)53(79-35)70-28-64-44-49(57)60-26-62-51(44)70/h5-8,10-13,15-18,25-28,35-36,40-41,46-47,52-53H,2-4,9,14,19-24H2,1H3,(H5-,56,57,58,59,60,61,62,65,72,73)/p+1/t35-,36-,40-,41-,46-,47-,52-,53-,84+/m1/s1. The van der Waals surface area contributed by atoms with Gasteiger partial charge in [0.25, 0.3) is 0 Å².